The van der Waals surface area contributed by atoms with E-state index in [-0.39, 0.29) is 29.9 Å². The molecule has 1 aromatic carbocycles. The van der Waals surface area contributed by atoms with Crippen molar-refractivity contribution in [3.63, 3.8) is 0 Å². The van der Waals surface area contributed by atoms with Crippen LogP contribution in [-0.4, -0.2) is 34.0 Å². The van der Waals surface area contributed by atoms with Crippen LogP contribution >= 0.6 is 0 Å². The molecule has 27 heavy (non-hydrogen) atoms. The minimum absolute atomic E-state index is 0.136. The van der Waals surface area contributed by atoms with E-state index >= 15 is 0 Å². The fourth-order valence-electron chi connectivity index (χ4n) is 4.93. The molecule has 1 amide bonds. The smallest absolute Gasteiger partial charge is 0.233 e. The van der Waals surface area contributed by atoms with Gasteiger partial charge in [0.1, 0.15) is 17.7 Å². The molecule has 1 aliphatic carbocycles. The van der Waals surface area contributed by atoms with Crippen molar-refractivity contribution in [2.75, 3.05) is 0 Å². The number of amides is 1. The Morgan fingerprint density at radius 2 is 1.81 bits per heavy atom. The first-order chi connectivity index (χ1) is 13.2. The average Bonchev–Trinajstić information content (AvgIpc) is 3.44. The molecule has 2 unspecified atom stereocenters. The van der Waals surface area contributed by atoms with Gasteiger partial charge in [-0.05, 0) is 55.5 Å². The number of rotatable bonds is 4. The molecular formula is C22H23FN2O2. The minimum Gasteiger partial charge on any atom is -0.489 e. The molecule has 2 saturated heterocycles. The molecule has 0 radical (unpaired) electrons. The normalized spacial score (nSPS) is 28.0. The summed E-state index contributed by atoms with van der Waals surface area (Å²) >= 11 is 0. The SMILES string of the molecule is O=C(N1C2CCC1CC(Oc1cccnc1)C2)C1(c2ccc(F)cc2)CC1. The lowest BCUT2D eigenvalue weighted by Crippen LogP contribution is -2.52. The Kier molecular flexibility index (Phi) is 3.92. The molecule has 5 rings (SSSR count). The number of ether oxygens (including phenoxy) is 1. The first kappa shape index (κ1) is 16.7. The van der Waals surface area contributed by atoms with E-state index in [1.54, 1.807) is 24.5 Å². The zero-order valence-electron chi connectivity index (χ0n) is 15.2. The lowest BCUT2D eigenvalue weighted by Gasteiger charge is -2.40. The van der Waals surface area contributed by atoms with Crippen LogP contribution in [0.5, 0.6) is 5.75 Å². The van der Waals surface area contributed by atoms with Crippen molar-refractivity contribution in [2.24, 2.45) is 0 Å². The molecule has 2 atom stereocenters. The zero-order valence-corrected chi connectivity index (χ0v) is 15.2. The molecule has 1 saturated carbocycles. The van der Waals surface area contributed by atoms with Crippen molar-refractivity contribution < 1.29 is 13.9 Å². The molecule has 3 fully saturated rings. The van der Waals surface area contributed by atoms with Crippen molar-refractivity contribution in [3.05, 3.63) is 60.2 Å². The summed E-state index contributed by atoms with van der Waals surface area (Å²) in [5, 5.41) is 0. The molecule has 4 nitrogen and oxygen atoms in total. The number of carbonyl (C=O) groups excluding carboxylic acids is 1. The number of fused-ring (bicyclic) bond motifs is 2. The number of benzene rings is 1. The zero-order chi connectivity index (χ0) is 18.4. The van der Waals surface area contributed by atoms with Crippen molar-refractivity contribution >= 4 is 5.91 Å². The molecule has 1 aromatic heterocycles. The third kappa shape index (κ3) is 2.89. The molecule has 3 aliphatic rings. The molecule has 0 spiro atoms. The van der Waals surface area contributed by atoms with Gasteiger partial charge in [-0.2, -0.15) is 0 Å². The molecule has 2 aliphatic heterocycles. The largest absolute Gasteiger partial charge is 0.489 e. The second-order valence-corrected chi connectivity index (χ2v) is 8.09. The molecule has 140 valence electrons. The fourth-order valence-corrected chi connectivity index (χ4v) is 4.93. The van der Waals surface area contributed by atoms with Gasteiger partial charge in [-0.15, -0.1) is 0 Å². The van der Waals surface area contributed by atoms with Crippen LogP contribution in [0.4, 0.5) is 4.39 Å². The van der Waals surface area contributed by atoms with Gasteiger partial charge in [0.2, 0.25) is 5.91 Å². The Bertz CT molecular complexity index is 821. The fraction of sp³-hybridized carbons (Fsp3) is 0.455. The Morgan fingerprint density at radius 1 is 1.11 bits per heavy atom. The van der Waals surface area contributed by atoms with E-state index in [1.165, 1.54) is 12.1 Å². The van der Waals surface area contributed by atoms with E-state index < -0.39 is 5.41 Å². The average molecular weight is 366 g/mol. The summed E-state index contributed by atoms with van der Waals surface area (Å²) in [6.07, 6.45) is 9.18. The van der Waals surface area contributed by atoms with Gasteiger partial charge < -0.3 is 9.64 Å². The van der Waals surface area contributed by atoms with Gasteiger partial charge in [0.15, 0.2) is 0 Å². The Balaban J connectivity index is 1.32. The maximum Gasteiger partial charge on any atom is 0.233 e. The summed E-state index contributed by atoms with van der Waals surface area (Å²) in [6.45, 7) is 0. The van der Waals surface area contributed by atoms with Crippen LogP contribution in [0.3, 0.4) is 0 Å². The third-order valence-corrected chi connectivity index (χ3v) is 6.42. The maximum absolute atomic E-state index is 13.5. The Morgan fingerprint density at radius 3 is 2.41 bits per heavy atom. The molecule has 2 aromatic rings. The third-order valence-electron chi connectivity index (χ3n) is 6.42. The van der Waals surface area contributed by atoms with Crippen LogP contribution < -0.4 is 4.74 Å². The maximum atomic E-state index is 13.5. The minimum atomic E-state index is -0.425. The molecule has 3 heterocycles. The van der Waals surface area contributed by atoms with Gasteiger partial charge in [-0.25, -0.2) is 4.39 Å². The van der Waals surface area contributed by atoms with Crippen molar-refractivity contribution in [1.82, 2.24) is 9.88 Å². The molecule has 2 bridgehead atoms. The first-order valence-corrected chi connectivity index (χ1v) is 9.81. The number of halogens is 1. The highest BCUT2D eigenvalue weighted by atomic mass is 19.1. The van der Waals surface area contributed by atoms with Crippen LogP contribution in [0.15, 0.2) is 48.8 Å². The molecule has 0 N–H and O–H groups in total. The molecule has 5 heteroatoms. The van der Waals surface area contributed by atoms with Crippen LogP contribution in [0.1, 0.15) is 44.1 Å². The monoisotopic (exact) mass is 366 g/mol. The number of aromatic nitrogens is 1. The summed E-state index contributed by atoms with van der Waals surface area (Å²) in [6, 6.07) is 10.8. The highest BCUT2D eigenvalue weighted by Crippen LogP contribution is 2.52. The first-order valence-electron chi connectivity index (χ1n) is 9.81. The predicted octanol–water partition coefficient (Wildman–Crippen LogP) is 3.85. The lowest BCUT2D eigenvalue weighted by atomic mass is 9.91. The van der Waals surface area contributed by atoms with Crippen LogP contribution in [0, 0.1) is 5.82 Å². The Labute approximate surface area is 158 Å². The van der Waals surface area contributed by atoms with Gasteiger partial charge >= 0.3 is 0 Å². The van der Waals surface area contributed by atoms with Crippen LogP contribution in [0.2, 0.25) is 0 Å². The number of nitrogens with zero attached hydrogens (tertiary/aromatic N) is 2. The van der Waals surface area contributed by atoms with Gasteiger partial charge in [-0.3, -0.25) is 9.78 Å². The standard InChI is InChI=1S/C22H23FN2O2/c23-16-5-3-15(4-6-16)22(9-10-22)21(26)25-17-7-8-18(25)13-20(12-17)27-19-2-1-11-24-14-19/h1-6,11,14,17-18,20H,7-10,12-13H2. The van der Waals surface area contributed by atoms with Gasteiger partial charge in [0.25, 0.3) is 0 Å². The lowest BCUT2D eigenvalue weighted by molar-refractivity contribution is -0.140. The van der Waals surface area contributed by atoms with E-state index in [0.717, 1.165) is 49.8 Å². The highest BCUT2D eigenvalue weighted by molar-refractivity contribution is 5.92. The van der Waals surface area contributed by atoms with E-state index in [1.807, 2.05) is 12.1 Å². The topological polar surface area (TPSA) is 42.4 Å². The quantitative estimate of drug-likeness (QED) is 0.825. The Hall–Kier alpha value is -2.43. The van der Waals surface area contributed by atoms with Crippen LogP contribution in [0.25, 0.3) is 0 Å². The van der Waals surface area contributed by atoms with Crippen molar-refractivity contribution in [2.45, 2.75) is 62.1 Å². The number of hydrogen-bond donors (Lipinski definition) is 0. The van der Waals surface area contributed by atoms with Crippen molar-refractivity contribution in [1.29, 1.82) is 0 Å². The van der Waals surface area contributed by atoms with Gasteiger partial charge in [0.05, 0.1) is 11.6 Å². The highest BCUT2D eigenvalue weighted by Gasteiger charge is 2.57. The number of pyridine rings is 1. The summed E-state index contributed by atoms with van der Waals surface area (Å²) < 4.78 is 19.4. The summed E-state index contributed by atoms with van der Waals surface area (Å²) in [5.74, 6) is 0.781. The summed E-state index contributed by atoms with van der Waals surface area (Å²) in [7, 11) is 0. The van der Waals surface area contributed by atoms with E-state index in [0.29, 0.717) is 0 Å². The number of carbonyl (C=O) groups is 1. The van der Waals surface area contributed by atoms with Gasteiger partial charge in [0, 0.05) is 31.1 Å². The second kappa shape index (κ2) is 6.32. The number of hydrogen-bond acceptors (Lipinski definition) is 3. The van der Waals surface area contributed by atoms with E-state index in [9.17, 15) is 9.18 Å². The van der Waals surface area contributed by atoms with E-state index in [2.05, 4.69) is 9.88 Å². The van der Waals surface area contributed by atoms with Crippen molar-refractivity contribution in [3.8, 4) is 5.75 Å². The predicted molar refractivity (Wildman–Crippen MR) is 98.9 cm³/mol. The molecular weight excluding hydrogens is 343 g/mol. The summed E-state index contributed by atoms with van der Waals surface area (Å²) in [5.41, 5.74) is 0.535. The summed E-state index contributed by atoms with van der Waals surface area (Å²) in [4.78, 5) is 19.7. The van der Waals surface area contributed by atoms with Gasteiger partial charge in [-0.1, -0.05) is 12.1 Å². The number of piperidine rings is 1. The van der Waals surface area contributed by atoms with E-state index in [4.69, 9.17) is 4.74 Å². The second-order valence-electron chi connectivity index (χ2n) is 8.09. The van der Waals surface area contributed by atoms with Crippen LogP contribution in [-0.2, 0) is 10.2 Å².